The van der Waals surface area contributed by atoms with E-state index in [1.165, 1.54) is 25.7 Å². The van der Waals surface area contributed by atoms with Gasteiger partial charge in [0.05, 0.1) is 18.8 Å². The van der Waals surface area contributed by atoms with Crippen molar-refractivity contribution in [3.63, 3.8) is 0 Å². The van der Waals surface area contributed by atoms with Crippen molar-refractivity contribution in [2.45, 2.75) is 43.5 Å². The highest BCUT2D eigenvalue weighted by molar-refractivity contribution is 8.00. The van der Waals surface area contributed by atoms with Crippen molar-refractivity contribution in [3.05, 3.63) is 11.9 Å². The van der Waals surface area contributed by atoms with Crippen molar-refractivity contribution in [3.8, 4) is 0 Å². The first kappa shape index (κ1) is 13.8. The minimum atomic E-state index is 0.103. The topological polar surface area (TPSA) is 63.0 Å². The van der Waals surface area contributed by atoms with Crippen LogP contribution < -0.4 is 5.32 Å². The number of nitrogens with zero attached hydrogens (tertiary/aromatic N) is 3. The number of hydrogen-bond acceptors (Lipinski definition) is 5. The average Bonchev–Trinajstić information content (AvgIpc) is 3.00. The van der Waals surface area contributed by atoms with Gasteiger partial charge in [-0.05, 0) is 19.1 Å². The van der Waals surface area contributed by atoms with Gasteiger partial charge >= 0.3 is 0 Å². The second-order valence-electron chi connectivity index (χ2n) is 4.89. The van der Waals surface area contributed by atoms with E-state index in [0.29, 0.717) is 11.3 Å². The lowest BCUT2D eigenvalue weighted by molar-refractivity contribution is 0.268. The smallest absolute Gasteiger partial charge is 0.0964 e. The van der Waals surface area contributed by atoms with E-state index in [4.69, 9.17) is 5.11 Å². The molecule has 1 aliphatic rings. The fourth-order valence-electron chi connectivity index (χ4n) is 2.52. The Balaban J connectivity index is 1.76. The largest absolute Gasteiger partial charge is 0.394 e. The molecule has 18 heavy (non-hydrogen) atoms. The maximum Gasteiger partial charge on any atom is 0.0964 e. The number of aromatic nitrogens is 3. The Morgan fingerprint density at radius 3 is 2.94 bits per heavy atom. The molecule has 1 saturated carbocycles. The Hall–Kier alpha value is -0.590. The molecule has 0 aliphatic heterocycles. The molecule has 1 aromatic heterocycles. The molecule has 5 nitrogen and oxygen atoms in total. The van der Waals surface area contributed by atoms with Crippen LogP contribution >= 0.6 is 11.8 Å². The van der Waals surface area contributed by atoms with Crippen LogP contribution in [0.5, 0.6) is 0 Å². The molecule has 102 valence electrons. The zero-order chi connectivity index (χ0) is 12.8. The van der Waals surface area contributed by atoms with Gasteiger partial charge in [-0.15, -0.1) is 5.10 Å². The van der Waals surface area contributed by atoms with Crippen LogP contribution in [0.3, 0.4) is 0 Å². The molecule has 0 amide bonds. The van der Waals surface area contributed by atoms with E-state index in [1.54, 1.807) is 4.68 Å². The maximum atomic E-state index is 8.81. The SMILES string of the molecule is CSC1(CNCc2cn(CCO)nn2)CCCC1. The molecular weight excluding hydrogens is 248 g/mol. The van der Waals surface area contributed by atoms with E-state index in [0.717, 1.165) is 18.8 Å². The van der Waals surface area contributed by atoms with Crippen LogP contribution in [-0.2, 0) is 13.1 Å². The molecule has 1 aromatic rings. The molecule has 0 bridgehead atoms. The number of thioether (sulfide) groups is 1. The summed E-state index contributed by atoms with van der Waals surface area (Å²) in [4.78, 5) is 0. The monoisotopic (exact) mass is 270 g/mol. The normalized spacial score (nSPS) is 18.3. The zero-order valence-corrected chi connectivity index (χ0v) is 11.7. The van der Waals surface area contributed by atoms with Gasteiger partial charge in [0.15, 0.2) is 0 Å². The number of hydrogen-bond donors (Lipinski definition) is 2. The molecule has 0 radical (unpaired) electrons. The summed E-state index contributed by atoms with van der Waals surface area (Å²) in [6.07, 6.45) is 9.45. The first-order chi connectivity index (χ1) is 8.78. The molecule has 1 heterocycles. The lowest BCUT2D eigenvalue weighted by atomic mass is 10.1. The third-order valence-corrected chi connectivity index (χ3v) is 5.03. The second kappa shape index (κ2) is 6.54. The highest BCUT2D eigenvalue weighted by Gasteiger charge is 2.32. The number of aliphatic hydroxyl groups excluding tert-OH is 1. The van der Waals surface area contributed by atoms with E-state index in [2.05, 4.69) is 21.9 Å². The van der Waals surface area contributed by atoms with Crippen LogP contribution in [0.15, 0.2) is 6.20 Å². The molecule has 0 saturated heterocycles. The van der Waals surface area contributed by atoms with E-state index in [1.807, 2.05) is 18.0 Å². The quantitative estimate of drug-likeness (QED) is 0.775. The summed E-state index contributed by atoms with van der Waals surface area (Å²) in [5.41, 5.74) is 0.942. The fourth-order valence-corrected chi connectivity index (χ4v) is 3.47. The maximum absolute atomic E-state index is 8.81. The van der Waals surface area contributed by atoms with Crippen LogP contribution in [-0.4, -0.2) is 44.3 Å². The standard InChI is InChI=1S/C12H22N4OS/c1-18-12(4-2-3-5-12)10-13-8-11-9-16(6-7-17)15-14-11/h9,13,17H,2-8,10H2,1H3. The van der Waals surface area contributed by atoms with Gasteiger partial charge in [0.2, 0.25) is 0 Å². The third kappa shape index (κ3) is 3.46. The molecule has 1 fully saturated rings. The van der Waals surface area contributed by atoms with Crippen LogP contribution in [0.1, 0.15) is 31.4 Å². The Morgan fingerprint density at radius 1 is 1.50 bits per heavy atom. The van der Waals surface area contributed by atoms with Crippen molar-refractivity contribution in [1.82, 2.24) is 20.3 Å². The van der Waals surface area contributed by atoms with E-state index < -0.39 is 0 Å². The lowest BCUT2D eigenvalue weighted by Crippen LogP contribution is -2.34. The number of rotatable bonds is 7. The van der Waals surface area contributed by atoms with Gasteiger partial charge in [-0.3, -0.25) is 0 Å². The Labute approximate surface area is 112 Å². The van der Waals surface area contributed by atoms with Gasteiger partial charge in [0.25, 0.3) is 0 Å². The summed E-state index contributed by atoms with van der Waals surface area (Å²) in [5, 5.41) is 20.3. The number of aliphatic hydroxyl groups is 1. The zero-order valence-electron chi connectivity index (χ0n) is 10.9. The summed E-state index contributed by atoms with van der Waals surface area (Å²) in [6, 6.07) is 0. The first-order valence-corrected chi connectivity index (χ1v) is 7.76. The van der Waals surface area contributed by atoms with Gasteiger partial charge in [-0.2, -0.15) is 11.8 Å². The van der Waals surface area contributed by atoms with Crippen molar-refractivity contribution < 1.29 is 5.11 Å². The number of nitrogens with one attached hydrogen (secondary N) is 1. The Kier molecular flexibility index (Phi) is 5.03. The van der Waals surface area contributed by atoms with Gasteiger partial charge in [-0.25, -0.2) is 4.68 Å². The molecule has 0 spiro atoms. The fraction of sp³-hybridized carbons (Fsp3) is 0.833. The molecule has 0 atom stereocenters. The predicted octanol–water partition coefficient (Wildman–Crippen LogP) is 1.04. The molecule has 2 N–H and O–H groups in total. The van der Waals surface area contributed by atoms with Crippen LogP contribution in [0, 0.1) is 0 Å². The molecule has 6 heteroatoms. The molecular formula is C12H22N4OS. The summed E-state index contributed by atoms with van der Waals surface area (Å²) in [5.74, 6) is 0. The highest BCUT2D eigenvalue weighted by Crippen LogP contribution is 2.39. The van der Waals surface area contributed by atoms with Crippen LogP contribution in [0.2, 0.25) is 0 Å². The molecule has 0 unspecified atom stereocenters. The minimum absolute atomic E-state index is 0.103. The molecule has 2 rings (SSSR count). The summed E-state index contributed by atoms with van der Waals surface area (Å²) in [7, 11) is 0. The average molecular weight is 270 g/mol. The van der Waals surface area contributed by atoms with E-state index in [-0.39, 0.29) is 6.61 Å². The summed E-state index contributed by atoms with van der Waals surface area (Å²) >= 11 is 1.99. The first-order valence-electron chi connectivity index (χ1n) is 6.54. The minimum Gasteiger partial charge on any atom is -0.394 e. The van der Waals surface area contributed by atoms with Gasteiger partial charge < -0.3 is 10.4 Å². The van der Waals surface area contributed by atoms with Gasteiger partial charge in [0, 0.05) is 24.0 Å². The summed E-state index contributed by atoms with van der Waals surface area (Å²) in [6.45, 7) is 2.42. The van der Waals surface area contributed by atoms with Crippen LogP contribution in [0.4, 0.5) is 0 Å². The van der Waals surface area contributed by atoms with E-state index in [9.17, 15) is 0 Å². The summed E-state index contributed by atoms with van der Waals surface area (Å²) < 4.78 is 2.11. The van der Waals surface area contributed by atoms with Crippen LogP contribution in [0.25, 0.3) is 0 Å². The second-order valence-corrected chi connectivity index (χ2v) is 6.17. The highest BCUT2D eigenvalue weighted by atomic mass is 32.2. The van der Waals surface area contributed by atoms with Crippen molar-refractivity contribution in [1.29, 1.82) is 0 Å². The molecule has 1 aliphatic carbocycles. The van der Waals surface area contributed by atoms with Crippen molar-refractivity contribution in [2.75, 3.05) is 19.4 Å². The van der Waals surface area contributed by atoms with Crippen molar-refractivity contribution in [2.24, 2.45) is 0 Å². The predicted molar refractivity (Wildman–Crippen MR) is 73.5 cm³/mol. The molecule has 0 aromatic carbocycles. The van der Waals surface area contributed by atoms with Gasteiger partial charge in [-0.1, -0.05) is 18.1 Å². The van der Waals surface area contributed by atoms with E-state index >= 15 is 0 Å². The lowest BCUT2D eigenvalue weighted by Gasteiger charge is -2.26. The third-order valence-electron chi connectivity index (χ3n) is 3.62. The Morgan fingerprint density at radius 2 is 2.28 bits per heavy atom. The van der Waals surface area contributed by atoms with Gasteiger partial charge in [0.1, 0.15) is 0 Å². The Bertz CT molecular complexity index is 363. The van der Waals surface area contributed by atoms with Crippen molar-refractivity contribution >= 4 is 11.8 Å².